The van der Waals surface area contributed by atoms with Crippen molar-refractivity contribution in [1.82, 2.24) is 9.88 Å². The minimum absolute atomic E-state index is 0.217. The van der Waals surface area contributed by atoms with E-state index < -0.39 is 0 Å². The van der Waals surface area contributed by atoms with Crippen molar-refractivity contribution in [2.45, 2.75) is 38.2 Å². The number of piperidine rings is 1. The molecule has 2 heterocycles. The van der Waals surface area contributed by atoms with E-state index in [1.54, 1.807) is 0 Å². The molecule has 2 atom stereocenters. The molecule has 1 aromatic rings. The van der Waals surface area contributed by atoms with Crippen molar-refractivity contribution in [3.63, 3.8) is 0 Å². The smallest absolute Gasteiger partial charge is 0.0751 e. The molecule has 3 heteroatoms. The third kappa shape index (κ3) is 3.27. The standard InChI is InChI=1S/C14H22N2O/c1-2-3-9-16-10-7-12(14(17)11-16)13-6-4-5-8-15-13/h4-6,8,12,14,17H,2-3,7,9-11H2,1H3. The molecular weight excluding hydrogens is 212 g/mol. The zero-order valence-electron chi connectivity index (χ0n) is 10.5. The highest BCUT2D eigenvalue weighted by Crippen LogP contribution is 2.26. The summed E-state index contributed by atoms with van der Waals surface area (Å²) in [6, 6.07) is 5.94. The van der Waals surface area contributed by atoms with E-state index in [4.69, 9.17) is 0 Å². The first-order chi connectivity index (χ1) is 8.31. The predicted molar refractivity (Wildman–Crippen MR) is 68.9 cm³/mol. The van der Waals surface area contributed by atoms with Crippen molar-refractivity contribution < 1.29 is 5.11 Å². The van der Waals surface area contributed by atoms with Crippen molar-refractivity contribution in [1.29, 1.82) is 0 Å². The van der Waals surface area contributed by atoms with E-state index in [1.165, 1.54) is 12.8 Å². The third-order valence-corrected chi connectivity index (χ3v) is 3.56. The number of rotatable bonds is 4. The van der Waals surface area contributed by atoms with Gasteiger partial charge in [-0.15, -0.1) is 0 Å². The number of unbranched alkanes of at least 4 members (excludes halogenated alkanes) is 1. The number of hydrogen-bond acceptors (Lipinski definition) is 3. The number of hydrogen-bond donors (Lipinski definition) is 1. The zero-order chi connectivity index (χ0) is 12.1. The number of aliphatic hydroxyl groups excluding tert-OH is 1. The monoisotopic (exact) mass is 234 g/mol. The van der Waals surface area contributed by atoms with Gasteiger partial charge < -0.3 is 10.0 Å². The summed E-state index contributed by atoms with van der Waals surface area (Å²) < 4.78 is 0. The minimum atomic E-state index is -0.268. The maximum Gasteiger partial charge on any atom is 0.0751 e. The lowest BCUT2D eigenvalue weighted by Gasteiger charge is -2.35. The molecule has 94 valence electrons. The highest BCUT2D eigenvalue weighted by molar-refractivity contribution is 5.12. The molecule has 1 N–H and O–H groups in total. The van der Waals surface area contributed by atoms with Crippen LogP contribution in [0.25, 0.3) is 0 Å². The largest absolute Gasteiger partial charge is 0.391 e. The molecule has 2 unspecified atom stereocenters. The van der Waals surface area contributed by atoms with Gasteiger partial charge in [-0.1, -0.05) is 19.4 Å². The van der Waals surface area contributed by atoms with Crippen LogP contribution < -0.4 is 0 Å². The average Bonchev–Trinajstić information content (AvgIpc) is 2.37. The van der Waals surface area contributed by atoms with Crippen LogP contribution in [0.15, 0.2) is 24.4 Å². The third-order valence-electron chi connectivity index (χ3n) is 3.56. The first-order valence-corrected chi connectivity index (χ1v) is 6.62. The summed E-state index contributed by atoms with van der Waals surface area (Å²) in [6.07, 6.45) is 5.00. The number of aromatic nitrogens is 1. The van der Waals surface area contributed by atoms with Gasteiger partial charge in [-0.25, -0.2) is 0 Å². The molecule has 0 spiro atoms. The van der Waals surface area contributed by atoms with E-state index in [-0.39, 0.29) is 12.0 Å². The van der Waals surface area contributed by atoms with Gasteiger partial charge in [0.05, 0.1) is 6.10 Å². The van der Waals surface area contributed by atoms with E-state index >= 15 is 0 Å². The fourth-order valence-corrected chi connectivity index (χ4v) is 2.52. The van der Waals surface area contributed by atoms with Crippen LogP contribution >= 0.6 is 0 Å². The molecule has 0 aromatic carbocycles. The maximum atomic E-state index is 10.2. The Morgan fingerprint density at radius 1 is 1.47 bits per heavy atom. The van der Waals surface area contributed by atoms with Gasteiger partial charge in [0.25, 0.3) is 0 Å². The minimum Gasteiger partial charge on any atom is -0.391 e. The SMILES string of the molecule is CCCCN1CCC(c2ccccn2)C(O)C1. The Kier molecular flexibility index (Phi) is 4.51. The molecule has 3 nitrogen and oxygen atoms in total. The van der Waals surface area contributed by atoms with Crippen LogP contribution in [0.5, 0.6) is 0 Å². The van der Waals surface area contributed by atoms with Crippen LogP contribution in [0.4, 0.5) is 0 Å². The van der Waals surface area contributed by atoms with E-state index in [9.17, 15) is 5.11 Å². The highest BCUT2D eigenvalue weighted by atomic mass is 16.3. The van der Waals surface area contributed by atoms with Crippen LogP contribution in [0.2, 0.25) is 0 Å². The summed E-state index contributed by atoms with van der Waals surface area (Å²) in [7, 11) is 0. The second-order valence-corrected chi connectivity index (χ2v) is 4.87. The molecule has 0 amide bonds. The van der Waals surface area contributed by atoms with Crippen molar-refractivity contribution in [3.8, 4) is 0 Å². The van der Waals surface area contributed by atoms with Crippen LogP contribution in [0.1, 0.15) is 37.8 Å². The van der Waals surface area contributed by atoms with Crippen LogP contribution in [0, 0.1) is 0 Å². The molecular formula is C14H22N2O. The normalized spacial score (nSPS) is 26.0. The Bertz CT molecular complexity index is 328. The molecule has 0 aliphatic carbocycles. The molecule has 1 saturated heterocycles. The summed E-state index contributed by atoms with van der Waals surface area (Å²) >= 11 is 0. The number of β-amino-alcohol motifs (C(OH)–C–C–N with tert-alkyl or cyclic N) is 1. The lowest BCUT2D eigenvalue weighted by atomic mass is 9.90. The lowest BCUT2D eigenvalue weighted by molar-refractivity contribution is 0.0495. The second-order valence-electron chi connectivity index (χ2n) is 4.87. The van der Waals surface area contributed by atoms with Crippen LogP contribution in [-0.2, 0) is 0 Å². The first kappa shape index (κ1) is 12.5. The van der Waals surface area contributed by atoms with Gasteiger partial charge >= 0.3 is 0 Å². The van der Waals surface area contributed by atoms with Gasteiger partial charge in [0.2, 0.25) is 0 Å². The number of likely N-dealkylation sites (tertiary alicyclic amines) is 1. The summed E-state index contributed by atoms with van der Waals surface area (Å²) in [5.74, 6) is 0.217. The summed E-state index contributed by atoms with van der Waals surface area (Å²) in [6.45, 7) is 5.19. The van der Waals surface area contributed by atoms with Crippen LogP contribution in [-0.4, -0.2) is 40.7 Å². The van der Waals surface area contributed by atoms with Gasteiger partial charge in [0.15, 0.2) is 0 Å². The van der Waals surface area contributed by atoms with E-state index in [2.05, 4.69) is 16.8 Å². The van der Waals surface area contributed by atoms with Crippen molar-refractivity contribution in [2.75, 3.05) is 19.6 Å². The highest BCUT2D eigenvalue weighted by Gasteiger charge is 2.29. The second kappa shape index (κ2) is 6.12. The molecule has 1 aromatic heterocycles. The zero-order valence-corrected chi connectivity index (χ0v) is 10.5. The molecule has 0 saturated carbocycles. The van der Waals surface area contributed by atoms with E-state index in [0.29, 0.717) is 0 Å². The quantitative estimate of drug-likeness (QED) is 0.866. The Morgan fingerprint density at radius 2 is 2.35 bits per heavy atom. The van der Waals surface area contributed by atoms with Gasteiger partial charge in [0.1, 0.15) is 0 Å². The molecule has 2 rings (SSSR count). The molecule has 1 aliphatic rings. The van der Waals surface area contributed by atoms with E-state index in [0.717, 1.165) is 31.7 Å². The molecule has 0 bridgehead atoms. The molecule has 1 fully saturated rings. The van der Waals surface area contributed by atoms with Crippen molar-refractivity contribution in [3.05, 3.63) is 30.1 Å². The Labute approximate surface area is 103 Å². The Balaban J connectivity index is 1.92. The number of pyridine rings is 1. The van der Waals surface area contributed by atoms with Crippen molar-refractivity contribution in [2.24, 2.45) is 0 Å². The predicted octanol–water partition coefficient (Wildman–Crippen LogP) is 2.03. The van der Waals surface area contributed by atoms with E-state index in [1.807, 2.05) is 24.4 Å². The number of nitrogens with zero attached hydrogens (tertiary/aromatic N) is 2. The van der Waals surface area contributed by atoms with Gasteiger partial charge in [-0.3, -0.25) is 4.98 Å². The Morgan fingerprint density at radius 3 is 3.00 bits per heavy atom. The molecule has 1 aliphatic heterocycles. The lowest BCUT2D eigenvalue weighted by Crippen LogP contribution is -2.43. The van der Waals surface area contributed by atoms with Gasteiger partial charge in [-0.2, -0.15) is 0 Å². The van der Waals surface area contributed by atoms with Gasteiger partial charge in [-0.05, 0) is 38.1 Å². The Hall–Kier alpha value is -0.930. The molecule has 17 heavy (non-hydrogen) atoms. The van der Waals surface area contributed by atoms with Gasteiger partial charge in [0, 0.05) is 24.4 Å². The molecule has 0 radical (unpaired) electrons. The first-order valence-electron chi connectivity index (χ1n) is 6.62. The fourth-order valence-electron chi connectivity index (χ4n) is 2.52. The topological polar surface area (TPSA) is 36.4 Å². The summed E-state index contributed by atoms with van der Waals surface area (Å²) in [4.78, 5) is 6.73. The average molecular weight is 234 g/mol. The summed E-state index contributed by atoms with van der Waals surface area (Å²) in [5.41, 5.74) is 1.04. The maximum absolute atomic E-state index is 10.2. The van der Waals surface area contributed by atoms with Crippen LogP contribution in [0.3, 0.4) is 0 Å². The number of aliphatic hydroxyl groups is 1. The van der Waals surface area contributed by atoms with Crippen molar-refractivity contribution >= 4 is 0 Å². The summed E-state index contributed by atoms with van der Waals surface area (Å²) in [5, 5.41) is 10.2. The fraction of sp³-hybridized carbons (Fsp3) is 0.643.